The zero-order valence-electron chi connectivity index (χ0n) is 14.6. The summed E-state index contributed by atoms with van der Waals surface area (Å²) in [6, 6.07) is 8.84. The smallest absolute Gasteiger partial charge is 0.254 e. The first-order valence-corrected chi connectivity index (χ1v) is 10.1. The molecule has 1 N–H and O–H groups in total. The third-order valence-corrected chi connectivity index (χ3v) is 6.42. The van der Waals surface area contributed by atoms with Crippen LogP contribution in [-0.2, 0) is 16.6 Å². The molecular weight excluding hydrogens is 374 g/mol. The second-order valence-electron chi connectivity index (χ2n) is 6.42. The van der Waals surface area contributed by atoms with E-state index >= 15 is 0 Å². The fourth-order valence-corrected chi connectivity index (χ4v) is 4.50. The van der Waals surface area contributed by atoms with Gasteiger partial charge in [-0.2, -0.15) is 4.31 Å². The topological polar surface area (TPSA) is 66.5 Å². The van der Waals surface area contributed by atoms with Crippen LogP contribution in [0.3, 0.4) is 0 Å². The lowest BCUT2D eigenvalue weighted by Crippen LogP contribution is -2.35. The summed E-state index contributed by atoms with van der Waals surface area (Å²) in [4.78, 5) is 12.2. The van der Waals surface area contributed by atoms with E-state index in [2.05, 4.69) is 5.32 Å². The van der Waals surface area contributed by atoms with Crippen molar-refractivity contribution >= 4 is 15.9 Å². The van der Waals surface area contributed by atoms with Crippen molar-refractivity contribution in [3.05, 3.63) is 65.2 Å². The predicted octanol–water partition coefficient (Wildman–Crippen LogP) is 3.07. The molecule has 1 amide bonds. The van der Waals surface area contributed by atoms with Crippen LogP contribution in [0.1, 0.15) is 35.2 Å². The number of halogens is 2. The molecule has 27 heavy (non-hydrogen) atoms. The zero-order chi connectivity index (χ0) is 19.4. The SMILES string of the molecule is O=C(NCc1ccc(S(=O)(=O)N2CCCCC2)cc1)c1cc(F)ccc1F. The molecule has 0 saturated carbocycles. The van der Waals surface area contributed by atoms with Crippen LogP contribution in [0.5, 0.6) is 0 Å². The van der Waals surface area contributed by atoms with Gasteiger partial charge in [0.2, 0.25) is 10.0 Å². The average molecular weight is 394 g/mol. The summed E-state index contributed by atoms with van der Waals surface area (Å²) < 4.78 is 53.5. The number of sulfonamides is 1. The first-order chi connectivity index (χ1) is 12.9. The third-order valence-electron chi connectivity index (χ3n) is 4.50. The van der Waals surface area contributed by atoms with Crippen molar-refractivity contribution in [2.45, 2.75) is 30.7 Å². The van der Waals surface area contributed by atoms with Crippen molar-refractivity contribution in [1.29, 1.82) is 0 Å². The summed E-state index contributed by atoms with van der Waals surface area (Å²) in [6.45, 7) is 1.12. The summed E-state index contributed by atoms with van der Waals surface area (Å²) in [5, 5.41) is 2.50. The fraction of sp³-hybridized carbons (Fsp3) is 0.316. The van der Waals surface area contributed by atoms with Crippen molar-refractivity contribution in [2.24, 2.45) is 0 Å². The Bertz CT molecular complexity index is 924. The maximum Gasteiger partial charge on any atom is 0.254 e. The Morgan fingerprint density at radius 2 is 1.67 bits per heavy atom. The Morgan fingerprint density at radius 3 is 2.33 bits per heavy atom. The molecule has 8 heteroatoms. The summed E-state index contributed by atoms with van der Waals surface area (Å²) in [5.74, 6) is -2.25. The van der Waals surface area contributed by atoms with Crippen LogP contribution in [0.15, 0.2) is 47.4 Å². The van der Waals surface area contributed by atoms with Crippen LogP contribution >= 0.6 is 0 Å². The van der Waals surface area contributed by atoms with E-state index in [1.54, 1.807) is 12.1 Å². The number of hydrogen-bond acceptors (Lipinski definition) is 3. The van der Waals surface area contributed by atoms with Gasteiger partial charge < -0.3 is 5.32 Å². The summed E-state index contributed by atoms with van der Waals surface area (Å²) in [7, 11) is -3.51. The van der Waals surface area contributed by atoms with E-state index < -0.39 is 27.6 Å². The van der Waals surface area contributed by atoms with Crippen LogP contribution in [0.2, 0.25) is 0 Å². The van der Waals surface area contributed by atoms with Gasteiger partial charge in [-0.3, -0.25) is 4.79 Å². The molecule has 3 rings (SSSR count). The molecule has 0 spiro atoms. The number of amides is 1. The highest BCUT2D eigenvalue weighted by molar-refractivity contribution is 7.89. The van der Waals surface area contributed by atoms with E-state index in [9.17, 15) is 22.0 Å². The van der Waals surface area contributed by atoms with Gasteiger partial charge in [0.15, 0.2) is 0 Å². The second kappa shape index (κ2) is 8.14. The van der Waals surface area contributed by atoms with Crippen LogP contribution in [-0.4, -0.2) is 31.7 Å². The Morgan fingerprint density at radius 1 is 1.00 bits per heavy atom. The molecule has 0 unspecified atom stereocenters. The van der Waals surface area contributed by atoms with E-state index in [-0.39, 0.29) is 17.0 Å². The Balaban J connectivity index is 1.65. The minimum absolute atomic E-state index is 0.0683. The van der Waals surface area contributed by atoms with Crippen molar-refractivity contribution in [1.82, 2.24) is 9.62 Å². The van der Waals surface area contributed by atoms with Crippen LogP contribution in [0.4, 0.5) is 8.78 Å². The van der Waals surface area contributed by atoms with Gasteiger partial charge in [-0.05, 0) is 48.7 Å². The Kier molecular flexibility index (Phi) is 5.86. The number of carbonyl (C=O) groups excluding carboxylic acids is 1. The maximum absolute atomic E-state index is 13.6. The quantitative estimate of drug-likeness (QED) is 0.848. The molecular formula is C19H20F2N2O3S. The highest BCUT2D eigenvalue weighted by atomic mass is 32.2. The highest BCUT2D eigenvalue weighted by Gasteiger charge is 2.25. The molecule has 0 bridgehead atoms. The van der Waals surface area contributed by atoms with Crippen molar-refractivity contribution in [3.8, 4) is 0 Å². The monoisotopic (exact) mass is 394 g/mol. The molecule has 2 aromatic carbocycles. The molecule has 0 aromatic heterocycles. The predicted molar refractivity (Wildman–Crippen MR) is 96.6 cm³/mol. The molecule has 0 radical (unpaired) electrons. The first kappa shape index (κ1) is 19.4. The minimum atomic E-state index is -3.51. The first-order valence-electron chi connectivity index (χ1n) is 8.70. The highest BCUT2D eigenvalue weighted by Crippen LogP contribution is 2.21. The molecule has 1 aliphatic heterocycles. The Labute approximate surface area is 157 Å². The van der Waals surface area contributed by atoms with Gasteiger partial charge in [0.1, 0.15) is 11.6 Å². The van der Waals surface area contributed by atoms with Crippen LogP contribution in [0.25, 0.3) is 0 Å². The van der Waals surface area contributed by atoms with Crippen molar-refractivity contribution in [2.75, 3.05) is 13.1 Å². The number of carbonyl (C=O) groups is 1. The van der Waals surface area contributed by atoms with Crippen LogP contribution < -0.4 is 5.32 Å². The van der Waals surface area contributed by atoms with Gasteiger partial charge in [-0.15, -0.1) is 0 Å². The number of hydrogen-bond donors (Lipinski definition) is 1. The normalized spacial score (nSPS) is 15.5. The molecule has 144 valence electrons. The lowest BCUT2D eigenvalue weighted by Gasteiger charge is -2.25. The van der Waals surface area contributed by atoms with Gasteiger partial charge in [0.25, 0.3) is 5.91 Å². The number of piperidine rings is 1. The summed E-state index contributed by atoms with van der Waals surface area (Å²) in [5.41, 5.74) is 0.275. The zero-order valence-corrected chi connectivity index (χ0v) is 15.4. The van der Waals surface area contributed by atoms with Gasteiger partial charge >= 0.3 is 0 Å². The number of nitrogens with zero attached hydrogens (tertiary/aromatic N) is 1. The standard InChI is InChI=1S/C19H20F2N2O3S/c20-15-6-9-18(21)17(12-15)19(24)22-13-14-4-7-16(8-5-14)27(25,26)23-10-2-1-3-11-23/h4-9,12H,1-3,10-11,13H2,(H,22,24). The van der Waals surface area contributed by atoms with E-state index in [4.69, 9.17) is 0 Å². The average Bonchev–Trinajstić information content (AvgIpc) is 2.69. The third kappa shape index (κ3) is 4.51. The minimum Gasteiger partial charge on any atom is -0.348 e. The van der Waals surface area contributed by atoms with Gasteiger partial charge in [0, 0.05) is 19.6 Å². The lowest BCUT2D eigenvalue weighted by molar-refractivity contribution is 0.0946. The molecule has 1 heterocycles. The van der Waals surface area contributed by atoms with Gasteiger partial charge in [0.05, 0.1) is 10.5 Å². The molecule has 1 saturated heterocycles. The largest absolute Gasteiger partial charge is 0.348 e. The summed E-state index contributed by atoms with van der Waals surface area (Å²) >= 11 is 0. The summed E-state index contributed by atoms with van der Waals surface area (Å²) in [6.07, 6.45) is 2.76. The molecule has 0 atom stereocenters. The molecule has 5 nitrogen and oxygen atoms in total. The molecule has 1 fully saturated rings. The number of benzene rings is 2. The second-order valence-corrected chi connectivity index (χ2v) is 8.35. The van der Waals surface area contributed by atoms with E-state index in [1.807, 2.05) is 0 Å². The Hall–Kier alpha value is -2.32. The van der Waals surface area contributed by atoms with Crippen molar-refractivity contribution < 1.29 is 22.0 Å². The van der Waals surface area contributed by atoms with Gasteiger partial charge in [-0.1, -0.05) is 18.6 Å². The van der Waals surface area contributed by atoms with Crippen molar-refractivity contribution in [3.63, 3.8) is 0 Å². The molecule has 2 aromatic rings. The molecule has 1 aliphatic rings. The van der Waals surface area contributed by atoms with E-state index in [0.29, 0.717) is 18.7 Å². The maximum atomic E-state index is 13.6. The lowest BCUT2D eigenvalue weighted by atomic mass is 10.1. The molecule has 0 aliphatic carbocycles. The number of rotatable bonds is 5. The van der Waals surface area contributed by atoms with Crippen LogP contribution in [0, 0.1) is 11.6 Å². The van der Waals surface area contributed by atoms with Gasteiger partial charge in [-0.25, -0.2) is 17.2 Å². The van der Waals surface area contributed by atoms with E-state index in [0.717, 1.165) is 37.5 Å². The fourth-order valence-electron chi connectivity index (χ4n) is 2.98. The van der Waals surface area contributed by atoms with E-state index in [1.165, 1.54) is 16.4 Å². The number of nitrogens with one attached hydrogen (secondary N) is 1.